The van der Waals surface area contributed by atoms with E-state index in [1.54, 1.807) is 0 Å². The van der Waals surface area contributed by atoms with Crippen molar-refractivity contribution >= 4 is 5.91 Å². The summed E-state index contributed by atoms with van der Waals surface area (Å²) in [5.74, 6) is 0.968. The molecule has 1 aromatic rings. The van der Waals surface area contributed by atoms with Crippen molar-refractivity contribution in [3.8, 4) is 0 Å². The fourth-order valence-corrected chi connectivity index (χ4v) is 1.82. The second-order valence-electron chi connectivity index (χ2n) is 5.13. The van der Waals surface area contributed by atoms with Gasteiger partial charge in [0.1, 0.15) is 0 Å². The molecule has 106 valence electrons. The van der Waals surface area contributed by atoms with E-state index in [1.165, 1.54) is 0 Å². The summed E-state index contributed by atoms with van der Waals surface area (Å²) in [5.41, 5.74) is 6.79. The lowest BCUT2D eigenvalue weighted by Gasteiger charge is -2.19. The minimum absolute atomic E-state index is 0.0170. The number of rotatable bonds is 8. The molecule has 1 amide bonds. The van der Waals surface area contributed by atoms with E-state index in [9.17, 15) is 4.79 Å². The van der Waals surface area contributed by atoms with Crippen LogP contribution in [0.15, 0.2) is 30.3 Å². The number of carbonyl (C=O) groups is 1. The normalized spacial score (nSPS) is 12.4. The smallest absolute Gasteiger partial charge is 0.234 e. The van der Waals surface area contributed by atoms with Crippen LogP contribution in [-0.4, -0.2) is 25.5 Å². The highest BCUT2D eigenvalue weighted by molar-refractivity contribution is 5.77. The standard InChI is InChI=1S/C15H25N3O/c1-12(2)14(8-16)10-17-11-15(19)18-9-13-6-4-3-5-7-13/h3-7,12,14,17H,8-11,16H2,1-2H3,(H,18,19). The second kappa shape index (κ2) is 8.67. The van der Waals surface area contributed by atoms with Crippen LogP contribution in [0.2, 0.25) is 0 Å². The molecule has 19 heavy (non-hydrogen) atoms. The van der Waals surface area contributed by atoms with Crippen LogP contribution >= 0.6 is 0 Å². The Bertz CT molecular complexity index is 365. The third-order valence-corrected chi connectivity index (χ3v) is 3.27. The number of hydrogen-bond acceptors (Lipinski definition) is 3. The number of amides is 1. The van der Waals surface area contributed by atoms with Gasteiger partial charge >= 0.3 is 0 Å². The quantitative estimate of drug-likeness (QED) is 0.658. The van der Waals surface area contributed by atoms with Gasteiger partial charge in [0.15, 0.2) is 0 Å². The molecular formula is C15H25N3O. The van der Waals surface area contributed by atoms with E-state index in [1.807, 2.05) is 30.3 Å². The number of nitrogens with one attached hydrogen (secondary N) is 2. The van der Waals surface area contributed by atoms with E-state index in [0.29, 0.717) is 31.5 Å². The molecule has 0 fully saturated rings. The highest BCUT2D eigenvalue weighted by Gasteiger charge is 2.11. The lowest BCUT2D eigenvalue weighted by Crippen LogP contribution is -2.38. The van der Waals surface area contributed by atoms with Gasteiger partial charge in [-0.2, -0.15) is 0 Å². The summed E-state index contributed by atoms with van der Waals surface area (Å²) in [5, 5.41) is 6.05. The van der Waals surface area contributed by atoms with Crippen LogP contribution in [0, 0.1) is 11.8 Å². The molecule has 0 aromatic heterocycles. The van der Waals surface area contributed by atoms with E-state index < -0.39 is 0 Å². The maximum absolute atomic E-state index is 11.7. The van der Waals surface area contributed by atoms with Crippen LogP contribution < -0.4 is 16.4 Å². The first-order valence-corrected chi connectivity index (χ1v) is 6.85. The van der Waals surface area contributed by atoms with Gasteiger partial charge in [0.05, 0.1) is 6.54 Å². The van der Waals surface area contributed by atoms with Crippen molar-refractivity contribution in [3.63, 3.8) is 0 Å². The van der Waals surface area contributed by atoms with Gasteiger partial charge in [-0.3, -0.25) is 4.79 Å². The topological polar surface area (TPSA) is 67.1 Å². The highest BCUT2D eigenvalue weighted by Crippen LogP contribution is 2.06. The van der Waals surface area contributed by atoms with Crippen LogP contribution in [0.3, 0.4) is 0 Å². The van der Waals surface area contributed by atoms with E-state index in [4.69, 9.17) is 5.73 Å². The summed E-state index contributed by atoms with van der Waals surface area (Å²) in [6.45, 7) is 6.65. The lowest BCUT2D eigenvalue weighted by atomic mass is 9.96. The maximum Gasteiger partial charge on any atom is 0.234 e. The summed E-state index contributed by atoms with van der Waals surface area (Å²) in [4.78, 5) is 11.7. The van der Waals surface area contributed by atoms with Gasteiger partial charge in [-0.25, -0.2) is 0 Å². The van der Waals surface area contributed by atoms with Gasteiger partial charge in [-0.1, -0.05) is 44.2 Å². The molecule has 0 saturated carbocycles. The Balaban J connectivity index is 2.18. The van der Waals surface area contributed by atoms with Crippen LogP contribution in [0.4, 0.5) is 0 Å². The Morgan fingerprint density at radius 2 is 1.95 bits per heavy atom. The molecule has 0 aliphatic rings. The van der Waals surface area contributed by atoms with Gasteiger partial charge in [-0.05, 0) is 30.5 Å². The van der Waals surface area contributed by atoms with Crippen molar-refractivity contribution in [2.75, 3.05) is 19.6 Å². The zero-order chi connectivity index (χ0) is 14.1. The number of hydrogen-bond donors (Lipinski definition) is 3. The average Bonchev–Trinajstić information content (AvgIpc) is 2.42. The van der Waals surface area contributed by atoms with Gasteiger partial charge in [0.25, 0.3) is 0 Å². The molecule has 0 bridgehead atoms. The van der Waals surface area contributed by atoms with Crippen molar-refractivity contribution in [1.29, 1.82) is 0 Å². The minimum Gasteiger partial charge on any atom is -0.351 e. The molecular weight excluding hydrogens is 238 g/mol. The van der Waals surface area contributed by atoms with E-state index in [0.717, 1.165) is 12.1 Å². The SMILES string of the molecule is CC(C)C(CN)CNCC(=O)NCc1ccccc1. The molecule has 1 unspecified atom stereocenters. The average molecular weight is 263 g/mol. The number of benzene rings is 1. The largest absolute Gasteiger partial charge is 0.351 e. The van der Waals surface area contributed by atoms with Crippen LogP contribution in [0.1, 0.15) is 19.4 Å². The molecule has 0 spiro atoms. The first-order valence-electron chi connectivity index (χ1n) is 6.85. The Hall–Kier alpha value is -1.39. The predicted molar refractivity (Wildman–Crippen MR) is 78.5 cm³/mol. The van der Waals surface area contributed by atoms with Crippen molar-refractivity contribution in [2.45, 2.75) is 20.4 Å². The molecule has 0 aliphatic carbocycles. The Morgan fingerprint density at radius 1 is 1.26 bits per heavy atom. The summed E-state index contributed by atoms with van der Waals surface area (Å²) in [7, 11) is 0. The third kappa shape index (κ3) is 6.36. The molecule has 4 nitrogen and oxygen atoms in total. The Kier molecular flexibility index (Phi) is 7.15. The summed E-state index contributed by atoms with van der Waals surface area (Å²) in [6.07, 6.45) is 0. The monoisotopic (exact) mass is 263 g/mol. The summed E-state index contributed by atoms with van der Waals surface area (Å²) < 4.78 is 0. The van der Waals surface area contributed by atoms with Crippen molar-refractivity contribution in [1.82, 2.24) is 10.6 Å². The molecule has 0 saturated heterocycles. The third-order valence-electron chi connectivity index (χ3n) is 3.27. The number of carbonyl (C=O) groups excluding carboxylic acids is 1. The van der Waals surface area contributed by atoms with Crippen molar-refractivity contribution in [2.24, 2.45) is 17.6 Å². The van der Waals surface area contributed by atoms with Crippen LogP contribution in [0.5, 0.6) is 0 Å². The van der Waals surface area contributed by atoms with Crippen molar-refractivity contribution < 1.29 is 4.79 Å². The molecule has 0 heterocycles. The van der Waals surface area contributed by atoms with Crippen molar-refractivity contribution in [3.05, 3.63) is 35.9 Å². The first-order chi connectivity index (χ1) is 9.13. The highest BCUT2D eigenvalue weighted by atomic mass is 16.1. The molecule has 0 aliphatic heterocycles. The fourth-order valence-electron chi connectivity index (χ4n) is 1.82. The Labute approximate surface area is 115 Å². The maximum atomic E-state index is 11.7. The summed E-state index contributed by atoms with van der Waals surface area (Å²) in [6, 6.07) is 9.89. The summed E-state index contributed by atoms with van der Waals surface area (Å²) >= 11 is 0. The fraction of sp³-hybridized carbons (Fsp3) is 0.533. The zero-order valence-electron chi connectivity index (χ0n) is 11.9. The van der Waals surface area contributed by atoms with E-state index in [-0.39, 0.29) is 5.91 Å². The van der Waals surface area contributed by atoms with Gasteiger partial charge in [0, 0.05) is 6.54 Å². The zero-order valence-corrected chi connectivity index (χ0v) is 11.9. The van der Waals surface area contributed by atoms with Crippen LogP contribution in [0.25, 0.3) is 0 Å². The first kappa shape index (κ1) is 15.7. The molecule has 1 rings (SSSR count). The van der Waals surface area contributed by atoms with Gasteiger partial charge in [0.2, 0.25) is 5.91 Å². The molecule has 4 N–H and O–H groups in total. The molecule has 0 radical (unpaired) electrons. The molecule has 1 atom stereocenters. The van der Waals surface area contributed by atoms with Gasteiger partial charge in [-0.15, -0.1) is 0 Å². The second-order valence-corrected chi connectivity index (χ2v) is 5.13. The Morgan fingerprint density at radius 3 is 2.53 bits per heavy atom. The van der Waals surface area contributed by atoms with E-state index in [2.05, 4.69) is 24.5 Å². The lowest BCUT2D eigenvalue weighted by molar-refractivity contribution is -0.120. The number of nitrogens with two attached hydrogens (primary N) is 1. The molecule has 1 aromatic carbocycles. The van der Waals surface area contributed by atoms with Gasteiger partial charge < -0.3 is 16.4 Å². The molecule has 4 heteroatoms. The van der Waals surface area contributed by atoms with Crippen LogP contribution in [-0.2, 0) is 11.3 Å². The predicted octanol–water partition coefficient (Wildman–Crippen LogP) is 1.12. The minimum atomic E-state index is 0.0170. The van der Waals surface area contributed by atoms with E-state index >= 15 is 0 Å².